The average molecular weight is 1310 g/mol. The van der Waals surface area contributed by atoms with Gasteiger partial charge in [-0.1, -0.05) is 268 Å². The van der Waals surface area contributed by atoms with Crippen LogP contribution in [-0.2, 0) is 33.2 Å². The highest BCUT2D eigenvalue weighted by Gasteiger charge is 2.53. The number of ether oxygens (including phenoxy) is 6. The molecule has 3 fully saturated rings. The zero-order chi connectivity index (χ0) is 66.8. The van der Waals surface area contributed by atoms with Crippen molar-refractivity contribution in [2.45, 2.75) is 381 Å². The van der Waals surface area contributed by atoms with Gasteiger partial charge in [0, 0.05) is 6.42 Å². The number of nitrogens with one attached hydrogen (secondary N) is 1. The first-order valence-corrected chi connectivity index (χ1v) is 36.9. The van der Waals surface area contributed by atoms with Crippen LogP contribution in [0.3, 0.4) is 0 Å². The Morgan fingerprint density at radius 1 is 0.402 bits per heavy atom. The van der Waals surface area contributed by atoms with Gasteiger partial charge in [-0.25, -0.2) is 0 Å². The molecule has 19 heteroatoms. The minimum atomic E-state index is -1.98. The van der Waals surface area contributed by atoms with Crippen molar-refractivity contribution in [2.24, 2.45) is 0 Å². The molecule has 3 aliphatic heterocycles. The summed E-state index contributed by atoms with van der Waals surface area (Å²) < 4.78 is 34.4. The van der Waals surface area contributed by atoms with Gasteiger partial charge < -0.3 is 89.9 Å². The number of allylic oxidation sites excluding steroid dienone is 8. The number of amides is 1. The predicted molar refractivity (Wildman–Crippen MR) is 360 cm³/mol. The summed E-state index contributed by atoms with van der Waals surface area (Å²) >= 11 is 0. The lowest BCUT2D eigenvalue weighted by atomic mass is 9.96. The molecule has 0 aromatic heterocycles. The highest BCUT2D eigenvalue weighted by molar-refractivity contribution is 5.76. The first-order chi connectivity index (χ1) is 44.8. The Labute approximate surface area is 554 Å². The SMILES string of the molecule is CC/C=C\C/C=C\C/C=C\C/C=C\CCCCCCCCC(=O)NC(COC1OC(CO)C(OC2OC(CO)C(OC3OC(CO)C(O)C(O)C3O)C(O)C2O)C(O)C1O)C(O)CCCCCCCCCCCCCCCCCCCCCCCCCCCCCC. The minimum absolute atomic E-state index is 0.249. The molecule has 3 saturated heterocycles. The first kappa shape index (κ1) is 84.0. The predicted octanol–water partition coefficient (Wildman–Crippen LogP) is 10.6. The molecule has 0 radical (unpaired) electrons. The summed E-state index contributed by atoms with van der Waals surface area (Å²) in [6.45, 7) is 1.70. The van der Waals surface area contributed by atoms with Crippen LogP contribution in [0.25, 0.3) is 0 Å². The molecule has 3 rings (SSSR count). The molecule has 538 valence electrons. The largest absolute Gasteiger partial charge is 0.394 e. The quantitative estimate of drug-likeness (QED) is 0.0199. The zero-order valence-electron chi connectivity index (χ0n) is 57.0. The Morgan fingerprint density at radius 2 is 0.750 bits per heavy atom. The smallest absolute Gasteiger partial charge is 0.220 e. The summed E-state index contributed by atoms with van der Waals surface area (Å²) in [5, 5.41) is 121. The monoisotopic (exact) mass is 1310 g/mol. The summed E-state index contributed by atoms with van der Waals surface area (Å²) in [4.78, 5) is 13.4. The van der Waals surface area contributed by atoms with E-state index < -0.39 is 124 Å². The van der Waals surface area contributed by atoms with Gasteiger partial charge in [0.25, 0.3) is 0 Å². The van der Waals surface area contributed by atoms with Crippen LogP contribution in [0.1, 0.15) is 277 Å². The van der Waals surface area contributed by atoms with E-state index in [-0.39, 0.29) is 18.9 Å². The summed E-state index contributed by atoms with van der Waals surface area (Å²) in [6.07, 6.45) is 39.1. The van der Waals surface area contributed by atoms with Crippen LogP contribution >= 0.6 is 0 Å². The van der Waals surface area contributed by atoms with Gasteiger partial charge in [0.05, 0.1) is 38.6 Å². The molecule has 19 nitrogen and oxygen atoms in total. The van der Waals surface area contributed by atoms with Gasteiger partial charge >= 0.3 is 0 Å². The standard InChI is InChI=1S/C73H133NO18/c1-3-5-7-9-11-13-15-17-19-21-23-24-25-26-27-28-29-30-31-33-34-36-38-40-42-44-46-48-50-57(78)56(74-61(79)51-49-47-45-43-41-39-37-35-32-22-20-18-16-14-12-10-8-6-4-2)55-87-71-67(85)64(82)69(59(53-76)89-71)92-73-68(86)65(83)70(60(54-77)90-73)91-72-66(84)63(81)62(80)58(52-75)88-72/h6,8,12,14,18,20,32,35,56-60,62-73,75-78,80-86H,3-5,7,9-11,13,15-17,19,21-31,33-34,36-55H2,1-2H3,(H,74,79)/b8-6-,14-12-,20-18-,35-32-. The summed E-state index contributed by atoms with van der Waals surface area (Å²) in [7, 11) is 0. The molecule has 3 aliphatic rings. The molecule has 0 saturated carbocycles. The number of carbonyl (C=O) groups excluding carboxylic acids is 1. The molecule has 17 atom stereocenters. The lowest BCUT2D eigenvalue weighted by Gasteiger charge is -2.48. The van der Waals surface area contributed by atoms with Crippen LogP contribution in [0.4, 0.5) is 0 Å². The normalized spacial score (nSPS) is 27.9. The second-order valence-corrected chi connectivity index (χ2v) is 26.4. The van der Waals surface area contributed by atoms with Crippen LogP contribution in [-0.4, -0.2) is 193 Å². The van der Waals surface area contributed by atoms with E-state index in [4.69, 9.17) is 28.4 Å². The van der Waals surface area contributed by atoms with Gasteiger partial charge in [0.2, 0.25) is 5.91 Å². The van der Waals surface area contributed by atoms with Crippen LogP contribution in [0, 0.1) is 0 Å². The average Bonchev–Trinajstić information content (AvgIpc) is 0.855. The molecule has 92 heavy (non-hydrogen) atoms. The third kappa shape index (κ3) is 35.8. The maximum atomic E-state index is 13.4. The van der Waals surface area contributed by atoms with Crippen LogP contribution in [0.15, 0.2) is 48.6 Å². The van der Waals surface area contributed by atoms with Crippen molar-refractivity contribution in [3.63, 3.8) is 0 Å². The maximum absolute atomic E-state index is 13.4. The Kier molecular flexibility index (Phi) is 50.0. The molecule has 17 unspecified atom stereocenters. The van der Waals surface area contributed by atoms with Gasteiger partial charge in [0.15, 0.2) is 18.9 Å². The number of unbranched alkanes of at least 4 members (excludes halogenated alkanes) is 33. The van der Waals surface area contributed by atoms with E-state index >= 15 is 0 Å². The number of carbonyl (C=O) groups is 1. The van der Waals surface area contributed by atoms with Gasteiger partial charge in [-0.2, -0.15) is 0 Å². The van der Waals surface area contributed by atoms with Crippen molar-refractivity contribution in [2.75, 3.05) is 26.4 Å². The molecule has 0 aliphatic carbocycles. The van der Waals surface area contributed by atoms with Crippen molar-refractivity contribution < 1.29 is 89.4 Å². The van der Waals surface area contributed by atoms with E-state index in [1.807, 2.05) is 0 Å². The summed E-state index contributed by atoms with van der Waals surface area (Å²) in [5.41, 5.74) is 0. The van der Waals surface area contributed by atoms with Gasteiger partial charge in [-0.15, -0.1) is 0 Å². The highest BCUT2D eigenvalue weighted by atomic mass is 16.8. The fourth-order valence-corrected chi connectivity index (χ4v) is 12.5. The zero-order valence-corrected chi connectivity index (χ0v) is 57.0. The molecule has 0 aromatic rings. The number of hydrogen-bond donors (Lipinski definition) is 12. The Bertz CT molecular complexity index is 1860. The van der Waals surface area contributed by atoms with Crippen LogP contribution < -0.4 is 5.32 Å². The van der Waals surface area contributed by atoms with Crippen molar-refractivity contribution in [1.29, 1.82) is 0 Å². The highest BCUT2D eigenvalue weighted by Crippen LogP contribution is 2.33. The number of aliphatic hydroxyl groups is 11. The van der Waals surface area contributed by atoms with Gasteiger partial charge in [-0.3, -0.25) is 4.79 Å². The third-order valence-corrected chi connectivity index (χ3v) is 18.4. The van der Waals surface area contributed by atoms with Crippen LogP contribution in [0.5, 0.6) is 0 Å². The van der Waals surface area contributed by atoms with E-state index in [9.17, 15) is 61.0 Å². The van der Waals surface area contributed by atoms with E-state index in [0.29, 0.717) is 12.8 Å². The lowest BCUT2D eigenvalue weighted by molar-refractivity contribution is -0.379. The van der Waals surface area contributed by atoms with E-state index in [1.54, 1.807) is 0 Å². The minimum Gasteiger partial charge on any atom is -0.394 e. The lowest BCUT2D eigenvalue weighted by Crippen LogP contribution is -2.66. The molecular formula is C73H133NO18. The molecule has 12 N–H and O–H groups in total. The molecular weight excluding hydrogens is 1180 g/mol. The molecule has 0 aromatic carbocycles. The van der Waals surface area contributed by atoms with Crippen molar-refractivity contribution in [1.82, 2.24) is 5.32 Å². The molecule has 0 bridgehead atoms. The van der Waals surface area contributed by atoms with Crippen molar-refractivity contribution >= 4 is 5.91 Å². The first-order valence-electron chi connectivity index (χ1n) is 36.9. The fraction of sp³-hybridized carbons (Fsp3) is 0.877. The number of rotatable bonds is 57. The third-order valence-electron chi connectivity index (χ3n) is 18.4. The summed E-state index contributed by atoms with van der Waals surface area (Å²) in [5.74, 6) is -0.255. The second-order valence-electron chi connectivity index (χ2n) is 26.4. The Balaban J connectivity index is 1.40. The van der Waals surface area contributed by atoms with Gasteiger partial charge in [0.1, 0.15) is 73.2 Å². The Morgan fingerprint density at radius 3 is 1.17 bits per heavy atom. The van der Waals surface area contributed by atoms with Crippen molar-refractivity contribution in [3.05, 3.63) is 48.6 Å². The van der Waals surface area contributed by atoms with E-state index in [2.05, 4.69) is 67.8 Å². The molecule has 3 heterocycles. The van der Waals surface area contributed by atoms with Crippen molar-refractivity contribution in [3.8, 4) is 0 Å². The maximum Gasteiger partial charge on any atom is 0.220 e. The second kappa shape index (κ2) is 54.7. The van der Waals surface area contributed by atoms with Crippen LogP contribution in [0.2, 0.25) is 0 Å². The number of aliphatic hydroxyl groups excluding tert-OH is 11. The topological polar surface area (TPSA) is 307 Å². The number of hydrogen-bond acceptors (Lipinski definition) is 18. The molecule has 0 spiro atoms. The van der Waals surface area contributed by atoms with E-state index in [1.165, 1.54) is 154 Å². The van der Waals surface area contributed by atoms with E-state index in [0.717, 1.165) is 89.9 Å². The van der Waals surface area contributed by atoms with Gasteiger partial charge in [-0.05, 0) is 51.4 Å². The fourth-order valence-electron chi connectivity index (χ4n) is 12.5. The summed E-state index contributed by atoms with van der Waals surface area (Å²) in [6, 6.07) is -0.898. The molecule has 1 amide bonds. The Hall–Kier alpha value is -2.25.